The third kappa shape index (κ3) is 3.57. The number of halogens is 2. The van der Waals surface area contributed by atoms with Crippen LogP contribution in [-0.2, 0) is 4.79 Å². The molecule has 1 amide bonds. The maximum atomic E-state index is 13.3. The van der Waals surface area contributed by atoms with E-state index in [1.54, 1.807) is 13.0 Å². The van der Waals surface area contributed by atoms with Gasteiger partial charge in [-0.3, -0.25) is 4.79 Å². The number of nitrogens with one attached hydrogen (secondary N) is 1. The molecule has 1 N–H and O–H groups in total. The molecule has 3 aromatic rings. The molecule has 0 atom stereocenters. The van der Waals surface area contributed by atoms with Crippen molar-refractivity contribution in [2.45, 2.75) is 6.92 Å². The summed E-state index contributed by atoms with van der Waals surface area (Å²) in [5.74, 6) is -0.155. The minimum Gasteiger partial charge on any atom is -0.483 e. The summed E-state index contributed by atoms with van der Waals surface area (Å²) >= 11 is 3.51. The molecule has 24 heavy (non-hydrogen) atoms. The van der Waals surface area contributed by atoms with Crippen LogP contribution in [0.25, 0.3) is 10.8 Å². The monoisotopic (exact) mass is 387 g/mol. The number of anilines is 1. The number of carbonyl (C=O) groups is 1. The first kappa shape index (κ1) is 16.5. The van der Waals surface area contributed by atoms with Gasteiger partial charge in [-0.1, -0.05) is 36.4 Å². The van der Waals surface area contributed by atoms with Crippen LogP contribution in [0, 0.1) is 12.7 Å². The molecular weight excluding hydrogens is 373 g/mol. The minimum atomic E-state index is -0.394. The third-order valence-electron chi connectivity index (χ3n) is 3.66. The Morgan fingerprint density at radius 2 is 1.96 bits per heavy atom. The van der Waals surface area contributed by atoms with Crippen LogP contribution in [0.3, 0.4) is 0 Å². The van der Waals surface area contributed by atoms with Gasteiger partial charge in [-0.25, -0.2) is 4.39 Å². The van der Waals surface area contributed by atoms with E-state index in [0.717, 1.165) is 20.8 Å². The maximum Gasteiger partial charge on any atom is 0.262 e. The zero-order valence-corrected chi connectivity index (χ0v) is 14.6. The fourth-order valence-corrected chi connectivity index (χ4v) is 2.99. The molecule has 0 aliphatic rings. The fraction of sp³-hybridized carbons (Fsp3) is 0.105. The fourth-order valence-electron chi connectivity index (χ4n) is 2.38. The average molecular weight is 388 g/mol. The van der Waals surface area contributed by atoms with Crippen molar-refractivity contribution in [1.29, 1.82) is 0 Å². The van der Waals surface area contributed by atoms with Crippen LogP contribution < -0.4 is 10.1 Å². The van der Waals surface area contributed by atoms with Gasteiger partial charge in [0.25, 0.3) is 5.91 Å². The van der Waals surface area contributed by atoms with E-state index in [2.05, 4.69) is 21.2 Å². The van der Waals surface area contributed by atoms with Gasteiger partial charge in [0.2, 0.25) is 0 Å². The molecule has 122 valence electrons. The summed E-state index contributed by atoms with van der Waals surface area (Å²) in [5.41, 5.74) is 1.23. The van der Waals surface area contributed by atoms with E-state index in [1.165, 1.54) is 12.1 Å². The largest absolute Gasteiger partial charge is 0.483 e. The van der Waals surface area contributed by atoms with Gasteiger partial charge in [-0.15, -0.1) is 0 Å². The Morgan fingerprint density at radius 1 is 1.17 bits per heavy atom. The van der Waals surface area contributed by atoms with Crippen LogP contribution in [0.1, 0.15) is 5.56 Å². The molecule has 0 saturated carbocycles. The van der Waals surface area contributed by atoms with E-state index in [-0.39, 0.29) is 12.5 Å². The van der Waals surface area contributed by atoms with Crippen LogP contribution in [0.2, 0.25) is 0 Å². The van der Waals surface area contributed by atoms with Crippen LogP contribution in [-0.4, -0.2) is 12.5 Å². The first-order chi connectivity index (χ1) is 11.5. The molecule has 0 radical (unpaired) electrons. The number of carbonyl (C=O) groups excluding carboxylic acids is 1. The Labute approximate surface area is 147 Å². The Morgan fingerprint density at radius 3 is 2.79 bits per heavy atom. The highest BCUT2D eigenvalue weighted by molar-refractivity contribution is 9.10. The van der Waals surface area contributed by atoms with Gasteiger partial charge in [-0.2, -0.15) is 0 Å². The van der Waals surface area contributed by atoms with Crippen molar-refractivity contribution in [3.8, 4) is 5.75 Å². The number of fused-ring (bicyclic) bond motifs is 1. The second-order valence-electron chi connectivity index (χ2n) is 5.39. The standard InChI is InChI=1S/C19H15BrFNO2/c1-12-6-8-14(21)10-16(12)22-18(23)11-24-17-9-7-13-4-2-3-5-15(13)19(17)20/h2-10H,11H2,1H3,(H,22,23). The lowest BCUT2D eigenvalue weighted by Gasteiger charge is -2.12. The van der Waals surface area contributed by atoms with Crippen LogP contribution in [0.5, 0.6) is 5.75 Å². The van der Waals surface area contributed by atoms with Crippen molar-refractivity contribution in [2.24, 2.45) is 0 Å². The molecule has 0 fully saturated rings. The number of hydrogen-bond acceptors (Lipinski definition) is 2. The number of rotatable bonds is 4. The Balaban J connectivity index is 1.70. The van der Waals surface area contributed by atoms with E-state index >= 15 is 0 Å². The molecule has 0 aliphatic heterocycles. The van der Waals surface area contributed by atoms with Crippen molar-refractivity contribution < 1.29 is 13.9 Å². The second kappa shape index (κ2) is 7.01. The summed E-state index contributed by atoms with van der Waals surface area (Å²) in [7, 11) is 0. The molecule has 0 heterocycles. The van der Waals surface area contributed by atoms with Gasteiger partial charge in [0.15, 0.2) is 6.61 Å². The normalized spacial score (nSPS) is 10.6. The summed E-state index contributed by atoms with van der Waals surface area (Å²) in [6.07, 6.45) is 0. The number of hydrogen-bond donors (Lipinski definition) is 1. The van der Waals surface area contributed by atoms with E-state index in [4.69, 9.17) is 4.74 Å². The highest BCUT2D eigenvalue weighted by Crippen LogP contribution is 2.33. The SMILES string of the molecule is Cc1ccc(F)cc1NC(=O)COc1ccc2ccccc2c1Br. The zero-order valence-electron chi connectivity index (χ0n) is 13.0. The third-order valence-corrected chi connectivity index (χ3v) is 4.48. The van der Waals surface area contributed by atoms with Gasteiger partial charge in [-0.05, 0) is 57.4 Å². The quantitative estimate of drug-likeness (QED) is 0.678. The molecule has 0 aliphatic carbocycles. The van der Waals surface area contributed by atoms with Crippen LogP contribution >= 0.6 is 15.9 Å². The van der Waals surface area contributed by atoms with Crippen LogP contribution in [0.15, 0.2) is 59.1 Å². The molecule has 0 unspecified atom stereocenters. The Bertz CT molecular complexity index is 911. The zero-order chi connectivity index (χ0) is 17.1. The van der Waals surface area contributed by atoms with Crippen molar-refractivity contribution in [3.05, 3.63) is 70.5 Å². The van der Waals surface area contributed by atoms with Crippen LogP contribution in [0.4, 0.5) is 10.1 Å². The molecule has 0 spiro atoms. The number of aryl methyl sites for hydroxylation is 1. The number of amides is 1. The molecule has 0 aromatic heterocycles. The molecule has 0 saturated heterocycles. The summed E-state index contributed by atoms with van der Waals surface area (Å²) < 4.78 is 19.7. The lowest BCUT2D eigenvalue weighted by Crippen LogP contribution is -2.20. The van der Waals surface area contributed by atoms with E-state index < -0.39 is 5.82 Å². The van der Waals surface area contributed by atoms with E-state index in [1.807, 2.05) is 36.4 Å². The summed E-state index contributed by atoms with van der Waals surface area (Å²) in [5, 5.41) is 4.75. The van der Waals surface area contributed by atoms with Crippen molar-refractivity contribution in [1.82, 2.24) is 0 Å². The van der Waals surface area contributed by atoms with Gasteiger partial charge in [0.05, 0.1) is 4.47 Å². The lowest BCUT2D eigenvalue weighted by atomic mass is 10.1. The predicted molar refractivity (Wildman–Crippen MR) is 96.9 cm³/mol. The van der Waals surface area contributed by atoms with Gasteiger partial charge in [0.1, 0.15) is 11.6 Å². The van der Waals surface area contributed by atoms with Gasteiger partial charge >= 0.3 is 0 Å². The van der Waals surface area contributed by atoms with E-state index in [9.17, 15) is 9.18 Å². The summed E-state index contributed by atoms with van der Waals surface area (Å²) in [6, 6.07) is 15.9. The number of benzene rings is 3. The second-order valence-corrected chi connectivity index (χ2v) is 6.19. The molecule has 3 aromatic carbocycles. The first-order valence-electron chi connectivity index (χ1n) is 7.40. The summed E-state index contributed by atoms with van der Waals surface area (Å²) in [4.78, 5) is 12.1. The Kier molecular flexibility index (Phi) is 4.81. The molecule has 5 heteroatoms. The summed E-state index contributed by atoms with van der Waals surface area (Å²) in [6.45, 7) is 1.64. The van der Waals surface area contributed by atoms with Crippen molar-refractivity contribution in [2.75, 3.05) is 11.9 Å². The number of ether oxygens (including phenoxy) is 1. The predicted octanol–water partition coefficient (Wildman–Crippen LogP) is 5.07. The van der Waals surface area contributed by atoms with Gasteiger partial charge in [0, 0.05) is 5.69 Å². The molecule has 0 bridgehead atoms. The molecule has 3 rings (SSSR count). The van der Waals surface area contributed by atoms with Crippen molar-refractivity contribution in [3.63, 3.8) is 0 Å². The smallest absolute Gasteiger partial charge is 0.262 e. The molecule has 3 nitrogen and oxygen atoms in total. The van der Waals surface area contributed by atoms with Crippen molar-refractivity contribution >= 4 is 38.3 Å². The molecular formula is C19H15BrFNO2. The first-order valence-corrected chi connectivity index (χ1v) is 8.20. The van der Waals surface area contributed by atoms with E-state index in [0.29, 0.717) is 11.4 Å². The minimum absolute atomic E-state index is 0.160. The van der Waals surface area contributed by atoms with Gasteiger partial charge < -0.3 is 10.1 Å². The lowest BCUT2D eigenvalue weighted by molar-refractivity contribution is -0.118. The highest BCUT2D eigenvalue weighted by Gasteiger charge is 2.10. The topological polar surface area (TPSA) is 38.3 Å². The average Bonchev–Trinajstić information content (AvgIpc) is 2.58. The Hall–Kier alpha value is -2.40. The highest BCUT2D eigenvalue weighted by atomic mass is 79.9. The maximum absolute atomic E-state index is 13.3.